The fourth-order valence-electron chi connectivity index (χ4n) is 2.37. The van der Waals surface area contributed by atoms with Crippen molar-refractivity contribution in [3.63, 3.8) is 0 Å². The third-order valence-corrected chi connectivity index (χ3v) is 3.13. The van der Waals surface area contributed by atoms with E-state index in [0.717, 1.165) is 32.1 Å². The zero-order chi connectivity index (χ0) is 11.1. The first-order valence-corrected chi connectivity index (χ1v) is 5.47. The van der Waals surface area contributed by atoms with Crippen LogP contribution in [0.3, 0.4) is 0 Å². The van der Waals surface area contributed by atoms with Gasteiger partial charge in [-0.05, 0) is 19.3 Å². The molecule has 0 bridgehead atoms. The van der Waals surface area contributed by atoms with Gasteiger partial charge in [-0.25, -0.2) is 19.6 Å². The van der Waals surface area contributed by atoms with Gasteiger partial charge in [-0.3, -0.25) is 0 Å². The summed E-state index contributed by atoms with van der Waals surface area (Å²) in [6, 6.07) is -0.0387. The molecule has 1 rings (SSSR count). The minimum Gasteiger partial charge on any atom is -0.211 e. The first-order valence-electron chi connectivity index (χ1n) is 5.47. The molecule has 0 aromatic rings. The minimum atomic E-state index is -0.0371. The van der Waals surface area contributed by atoms with E-state index in [1.54, 1.807) is 12.2 Å². The van der Waals surface area contributed by atoms with Crippen LogP contribution in [0.4, 0.5) is 0 Å². The van der Waals surface area contributed by atoms with Crippen LogP contribution in [0, 0.1) is 5.92 Å². The molecule has 1 aliphatic carbocycles. The van der Waals surface area contributed by atoms with Crippen LogP contribution in [-0.4, -0.2) is 24.2 Å². The van der Waals surface area contributed by atoms with Crippen molar-refractivity contribution in [1.82, 2.24) is 0 Å². The molecule has 0 spiro atoms. The lowest BCUT2D eigenvalue weighted by molar-refractivity contribution is 0.261. The van der Waals surface area contributed by atoms with Crippen molar-refractivity contribution < 1.29 is 9.59 Å². The third-order valence-electron chi connectivity index (χ3n) is 3.13. The SMILES string of the molecule is CCC(N=C=O)C1CCCCC1N=C=O. The first-order chi connectivity index (χ1) is 7.33. The highest BCUT2D eigenvalue weighted by molar-refractivity contribution is 5.35. The standard InChI is InChI=1S/C11H16N2O2/c1-2-10(12-7-14)9-5-3-4-6-11(9)13-8-15/h9-11H,2-6H2,1H3. The molecule has 1 fully saturated rings. The summed E-state index contributed by atoms with van der Waals surface area (Å²) in [7, 11) is 0. The van der Waals surface area contributed by atoms with Crippen LogP contribution in [0.2, 0.25) is 0 Å². The van der Waals surface area contributed by atoms with Crippen molar-refractivity contribution in [2.75, 3.05) is 0 Å². The molecule has 3 unspecified atom stereocenters. The smallest absolute Gasteiger partial charge is 0.211 e. The Labute approximate surface area is 89.5 Å². The van der Waals surface area contributed by atoms with Gasteiger partial charge in [-0.1, -0.05) is 19.8 Å². The van der Waals surface area contributed by atoms with E-state index in [0.29, 0.717) is 0 Å². The number of nitrogens with zero attached hydrogens (tertiary/aromatic N) is 2. The molecule has 0 radical (unpaired) electrons. The monoisotopic (exact) mass is 208 g/mol. The lowest BCUT2D eigenvalue weighted by Crippen LogP contribution is -2.32. The molecule has 0 heterocycles. The zero-order valence-electron chi connectivity index (χ0n) is 8.98. The van der Waals surface area contributed by atoms with E-state index in [-0.39, 0.29) is 18.0 Å². The minimum absolute atomic E-state index is 0.00157. The van der Waals surface area contributed by atoms with Gasteiger partial charge in [0.05, 0.1) is 12.1 Å². The van der Waals surface area contributed by atoms with Gasteiger partial charge in [0, 0.05) is 5.92 Å². The number of aliphatic imine (C=N–C) groups is 2. The summed E-state index contributed by atoms with van der Waals surface area (Å²) in [6.45, 7) is 1.99. The second kappa shape index (κ2) is 6.28. The average molecular weight is 208 g/mol. The van der Waals surface area contributed by atoms with Gasteiger partial charge in [0.15, 0.2) is 0 Å². The van der Waals surface area contributed by atoms with E-state index in [1.165, 1.54) is 0 Å². The van der Waals surface area contributed by atoms with Crippen LogP contribution in [0.1, 0.15) is 39.0 Å². The third kappa shape index (κ3) is 3.12. The Bertz CT molecular complexity index is 271. The molecular formula is C11H16N2O2. The second-order valence-corrected chi connectivity index (χ2v) is 3.93. The molecule has 0 amide bonds. The molecule has 0 aromatic carbocycles. The number of rotatable bonds is 4. The quantitative estimate of drug-likeness (QED) is 0.524. The maximum Gasteiger partial charge on any atom is 0.235 e. The molecule has 4 nitrogen and oxygen atoms in total. The number of hydrogen-bond acceptors (Lipinski definition) is 4. The first kappa shape index (κ1) is 11.8. The number of hydrogen-bond donors (Lipinski definition) is 0. The Balaban J connectivity index is 2.77. The van der Waals surface area contributed by atoms with Gasteiger partial charge < -0.3 is 0 Å². The summed E-state index contributed by atoms with van der Waals surface area (Å²) in [5.41, 5.74) is 0. The Hall–Kier alpha value is -1.24. The molecule has 0 aliphatic heterocycles. The normalized spacial score (nSPS) is 27.3. The largest absolute Gasteiger partial charge is 0.235 e. The summed E-state index contributed by atoms with van der Waals surface area (Å²) < 4.78 is 0. The van der Waals surface area contributed by atoms with Gasteiger partial charge in [0.25, 0.3) is 0 Å². The van der Waals surface area contributed by atoms with Crippen molar-refractivity contribution in [2.45, 2.75) is 51.1 Å². The van der Waals surface area contributed by atoms with Crippen LogP contribution in [-0.2, 0) is 9.59 Å². The van der Waals surface area contributed by atoms with Crippen LogP contribution < -0.4 is 0 Å². The molecule has 0 saturated heterocycles. The summed E-state index contributed by atoms with van der Waals surface area (Å²) in [5.74, 6) is 0.214. The van der Waals surface area contributed by atoms with Crippen LogP contribution >= 0.6 is 0 Å². The van der Waals surface area contributed by atoms with Crippen molar-refractivity contribution >= 4 is 12.2 Å². The number of carbonyl (C=O) groups excluding carboxylic acids is 2. The maximum absolute atomic E-state index is 10.3. The van der Waals surface area contributed by atoms with Crippen LogP contribution in [0.5, 0.6) is 0 Å². The summed E-state index contributed by atoms with van der Waals surface area (Å²) in [4.78, 5) is 28.2. The summed E-state index contributed by atoms with van der Waals surface area (Å²) in [5, 5.41) is 0. The molecule has 4 heteroatoms. The van der Waals surface area contributed by atoms with E-state index in [2.05, 4.69) is 9.98 Å². The fourth-order valence-corrected chi connectivity index (χ4v) is 2.37. The van der Waals surface area contributed by atoms with E-state index >= 15 is 0 Å². The van der Waals surface area contributed by atoms with Crippen molar-refractivity contribution in [2.24, 2.45) is 15.9 Å². The van der Waals surface area contributed by atoms with Gasteiger partial charge in [0.1, 0.15) is 0 Å². The molecule has 1 aliphatic rings. The molecule has 0 aromatic heterocycles. The number of isocyanates is 2. The predicted octanol–water partition coefficient (Wildman–Crippen LogP) is 2.00. The van der Waals surface area contributed by atoms with Crippen LogP contribution in [0.25, 0.3) is 0 Å². The second-order valence-electron chi connectivity index (χ2n) is 3.93. The summed E-state index contributed by atoms with van der Waals surface area (Å²) >= 11 is 0. The predicted molar refractivity (Wildman–Crippen MR) is 56.1 cm³/mol. The van der Waals surface area contributed by atoms with Gasteiger partial charge >= 0.3 is 0 Å². The fraction of sp³-hybridized carbons (Fsp3) is 0.818. The van der Waals surface area contributed by atoms with Crippen LogP contribution in [0.15, 0.2) is 9.98 Å². The van der Waals surface area contributed by atoms with Gasteiger partial charge in [-0.2, -0.15) is 0 Å². The lowest BCUT2D eigenvalue weighted by Gasteiger charge is -2.30. The average Bonchev–Trinajstić information content (AvgIpc) is 2.27. The Kier molecular flexibility index (Phi) is 4.96. The van der Waals surface area contributed by atoms with Crippen molar-refractivity contribution in [3.8, 4) is 0 Å². The Morgan fingerprint density at radius 1 is 1.27 bits per heavy atom. The maximum atomic E-state index is 10.3. The summed E-state index contributed by atoms with van der Waals surface area (Å²) in [6.07, 6.45) is 8.14. The lowest BCUT2D eigenvalue weighted by atomic mass is 9.79. The topological polar surface area (TPSA) is 58.9 Å². The van der Waals surface area contributed by atoms with Gasteiger partial charge in [-0.15, -0.1) is 0 Å². The zero-order valence-corrected chi connectivity index (χ0v) is 8.98. The molecule has 1 saturated carbocycles. The van der Waals surface area contributed by atoms with E-state index in [4.69, 9.17) is 0 Å². The highest BCUT2D eigenvalue weighted by Gasteiger charge is 2.30. The van der Waals surface area contributed by atoms with Gasteiger partial charge in [0.2, 0.25) is 12.2 Å². The molecular weight excluding hydrogens is 192 g/mol. The van der Waals surface area contributed by atoms with E-state index in [1.807, 2.05) is 6.92 Å². The highest BCUT2D eigenvalue weighted by atomic mass is 16.1. The molecule has 82 valence electrons. The molecule has 15 heavy (non-hydrogen) atoms. The van der Waals surface area contributed by atoms with E-state index < -0.39 is 0 Å². The molecule has 0 N–H and O–H groups in total. The van der Waals surface area contributed by atoms with E-state index in [9.17, 15) is 9.59 Å². The molecule has 3 atom stereocenters. The van der Waals surface area contributed by atoms with Crippen molar-refractivity contribution in [1.29, 1.82) is 0 Å². The highest BCUT2D eigenvalue weighted by Crippen LogP contribution is 2.31. The Morgan fingerprint density at radius 2 is 2.00 bits per heavy atom. The van der Waals surface area contributed by atoms with Crippen molar-refractivity contribution in [3.05, 3.63) is 0 Å². The Morgan fingerprint density at radius 3 is 2.60 bits per heavy atom.